The fraction of sp³-hybridized carbons (Fsp3) is 0.308. The summed E-state index contributed by atoms with van der Waals surface area (Å²) in [5, 5.41) is 0. The van der Waals surface area contributed by atoms with Crippen LogP contribution in [0.25, 0.3) is 0 Å². The SMILES string of the molecule is CC(Oc1ccc(Br)cc1)C(=O)/C=C/N(C)C. The highest BCUT2D eigenvalue weighted by Crippen LogP contribution is 2.17. The van der Waals surface area contributed by atoms with Crippen molar-refractivity contribution in [2.45, 2.75) is 13.0 Å². The topological polar surface area (TPSA) is 29.5 Å². The van der Waals surface area contributed by atoms with E-state index in [-0.39, 0.29) is 5.78 Å². The molecule has 4 heteroatoms. The first-order valence-electron chi connectivity index (χ1n) is 5.29. The third kappa shape index (κ3) is 5.04. The van der Waals surface area contributed by atoms with E-state index < -0.39 is 6.10 Å². The van der Waals surface area contributed by atoms with E-state index in [1.807, 2.05) is 43.3 Å². The number of benzene rings is 1. The van der Waals surface area contributed by atoms with Crippen molar-refractivity contribution in [2.24, 2.45) is 0 Å². The largest absolute Gasteiger partial charge is 0.483 e. The molecule has 92 valence electrons. The summed E-state index contributed by atoms with van der Waals surface area (Å²) in [5.41, 5.74) is 0. The molecular weight excluding hydrogens is 282 g/mol. The Bertz CT molecular complexity index is 398. The lowest BCUT2D eigenvalue weighted by atomic mass is 10.2. The van der Waals surface area contributed by atoms with Gasteiger partial charge in [-0.2, -0.15) is 0 Å². The van der Waals surface area contributed by atoms with Gasteiger partial charge in [-0.05, 0) is 31.2 Å². The molecule has 17 heavy (non-hydrogen) atoms. The molecule has 0 N–H and O–H groups in total. The molecule has 0 aliphatic carbocycles. The summed E-state index contributed by atoms with van der Waals surface area (Å²) in [5.74, 6) is 0.633. The first-order valence-corrected chi connectivity index (χ1v) is 6.09. The van der Waals surface area contributed by atoms with Crippen molar-refractivity contribution in [2.75, 3.05) is 14.1 Å². The summed E-state index contributed by atoms with van der Waals surface area (Å²) in [6.45, 7) is 1.74. The van der Waals surface area contributed by atoms with Crippen molar-refractivity contribution in [3.05, 3.63) is 41.0 Å². The normalized spacial score (nSPS) is 12.5. The van der Waals surface area contributed by atoms with Crippen LogP contribution in [0, 0.1) is 0 Å². The van der Waals surface area contributed by atoms with Crippen LogP contribution in [0.15, 0.2) is 41.0 Å². The molecule has 1 unspecified atom stereocenters. The maximum Gasteiger partial charge on any atom is 0.197 e. The summed E-state index contributed by atoms with van der Waals surface area (Å²) in [4.78, 5) is 13.5. The van der Waals surface area contributed by atoms with Crippen LogP contribution in [-0.4, -0.2) is 30.9 Å². The highest BCUT2D eigenvalue weighted by molar-refractivity contribution is 9.10. The molecule has 0 amide bonds. The highest BCUT2D eigenvalue weighted by atomic mass is 79.9. The van der Waals surface area contributed by atoms with Crippen molar-refractivity contribution in [3.8, 4) is 5.75 Å². The fourth-order valence-corrected chi connectivity index (χ4v) is 1.40. The Kier molecular flexibility index (Phi) is 5.22. The molecule has 0 spiro atoms. The van der Waals surface area contributed by atoms with Crippen LogP contribution in [0.4, 0.5) is 0 Å². The molecule has 0 aromatic heterocycles. The fourth-order valence-electron chi connectivity index (χ4n) is 1.13. The second-order valence-electron chi connectivity index (χ2n) is 3.90. The minimum atomic E-state index is -0.479. The average Bonchev–Trinajstić information content (AvgIpc) is 2.28. The van der Waals surface area contributed by atoms with Gasteiger partial charge in [-0.25, -0.2) is 0 Å². The average molecular weight is 298 g/mol. The molecule has 0 bridgehead atoms. The number of hydrogen-bond acceptors (Lipinski definition) is 3. The monoisotopic (exact) mass is 297 g/mol. The van der Waals surface area contributed by atoms with Crippen molar-refractivity contribution in [1.29, 1.82) is 0 Å². The van der Waals surface area contributed by atoms with Crippen LogP contribution in [-0.2, 0) is 4.79 Å². The molecule has 3 nitrogen and oxygen atoms in total. The predicted octanol–water partition coefficient (Wildman–Crippen LogP) is 2.86. The van der Waals surface area contributed by atoms with Gasteiger partial charge in [0.25, 0.3) is 0 Å². The zero-order chi connectivity index (χ0) is 12.8. The number of rotatable bonds is 5. The van der Waals surface area contributed by atoms with Gasteiger partial charge in [-0.1, -0.05) is 15.9 Å². The number of nitrogens with zero attached hydrogens (tertiary/aromatic N) is 1. The zero-order valence-corrected chi connectivity index (χ0v) is 11.8. The van der Waals surface area contributed by atoms with E-state index in [0.717, 1.165) is 4.47 Å². The summed E-state index contributed by atoms with van der Waals surface area (Å²) in [6, 6.07) is 7.40. The van der Waals surface area contributed by atoms with Gasteiger partial charge in [-0.15, -0.1) is 0 Å². The molecule has 0 saturated heterocycles. The van der Waals surface area contributed by atoms with E-state index in [9.17, 15) is 4.79 Å². The molecule has 1 atom stereocenters. The second kappa shape index (κ2) is 6.45. The first kappa shape index (κ1) is 13.8. The minimum Gasteiger partial charge on any atom is -0.483 e. The van der Waals surface area contributed by atoms with Gasteiger partial charge in [0.1, 0.15) is 5.75 Å². The number of carbonyl (C=O) groups excluding carboxylic acids is 1. The number of halogens is 1. The van der Waals surface area contributed by atoms with Gasteiger partial charge in [0, 0.05) is 30.8 Å². The molecule has 0 aliphatic heterocycles. The van der Waals surface area contributed by atoms with Crippen molar-refractivity contribution in [3.63, 3.8) is 0 Å². The molecule has 0 aliphatic rings. The van der Waals surface area contributed by atoms with Gasteiger partial charge >= 0.3 is 0 Å². The smallest absolute Gasteiger partial charge is 0.197 e. The minimum absolute atomic E-state index is 0.0541. The zero-order valence-electron chi connectivity index (χ0n) is 10.2. The van der Waals surface area contributed by atoms with Crippen molar-refractivity contribution < 1.29 is 9.53 Å². The quantitative estimate of drug-likeness (QED) is 0.783. The van der Waals surface area contributed by atoms with Crippen LogP contribution >= 0.6 is 15.9 Å². The molecule has 0 saturated carbocycles. The third-order valence-electron chi connectivity index (χ3n) is 2.06. The Morgan fingerprint density at radius 3 is 2.47 bits per heavy atom. The van der Waals surface area contributed by atoms with E-state index in [0.29, 0.717) is 5.75 Å². The molecule has 1 rings (SSSR count). The summed E-state index contributed by atoms with van der Waals surface area (Å²) < 4.78 is 6.51. The summed E-state index contributed by atoms with van der Waals surface area (Å²) >= 11 is 3.34. The van der Waals surface area contributed by atoms with Crippen LogP contribution < -0.4 is 4.74 Å². The van der Waals surface area contributed by atoms with Gasteiger partial charge in [0.2, 0.25) is 0 Å². The Morgan fingerprint density at radius 1 is 1.35 bits per heavy atom. The molecule has 0 heterocycles. The Balaban J connectivity index is 2.57. The molecular formula is C13H16BrNO2. The lowest BCUT2D eigenvalue weighted by Crippen LogP contribution is -2.22. The molecule has 0 fully saturated rings. The lowest BCUT2D eigenvalue weighted by molar-refractivity contribution is -0.120. The molecule has 1 aromatic rings. The Labute approximate surface area is 110 Å². The Morgan fingerprint density at radius 2 is 1.94 bits per heavy atom. The first-order chi connectivity index (χ1) is 7.99. The number of ether oxygens (including phenoxy) is 1. The number of hydrogen-bond donors (Lipinski definition) is 0. The van der Waals surface area contributed by atoms with Gasteiger partial charge in [-0.3, -0.25) is 4.79 Å². The highest BCUT2D eigenvalue weighted by Gasteiger charge is 2.11. The predicted molar refractivity (Wildman–Crippen MR) is 72.1 cm³/mol. The second-order valence-corrected chi connectivity index (χ2v) is 4.81. The lowest BCUT2D eigenvalue weighted by Gasteiger charge is -2.12. The van der Waals surface area contributed by atoms with Crippen molar-refractivity contribution in [1.82, 2.24) is 4.90 Å². The van der Waals surface area contributed by atoms with Gasteiger partial charge in [0.15, 0.2) is 11.9 Å². The maximum atomic E-state index is 11.7. The third-order valence-corrected chi connectivity index (χ3v) is 2.59. The summed E-state index contributed by atoms with van der Waals surface area (Å²) in [7, 11) is 3.73. The number of carbonyl (C=O) groups is 1. The van der Waals surface area contributed by atoms with Crippen molar-refractivity contribution >= 4 is 21.7 Å². The van der Waals surface area contributed by atoms with Crippen LogP contribution in [0.2, 0.25) is 0 Å². The van der Waals surface area contributed by atoms with Crippen LogP contribution in [0.3, 0.4) is 0 Å². The number of ketones is 1. The van der Waals surface area contributed by atoms with Crippen LogP contribution in [0.5, 0.6) is 5.75 Å². The molecule has 0 radical (unpaired) electrons. The summed E-state index contributed by atoms with van der Waals surface area (Å²) in [6.07, 6.45) is 2.75. The van der Waals surface area contributed by atoms with Gasteiger partial charge < -0.3 is 9.64 Å². The Hall–Kier alpha value is -1.29. The van der Waals surface area contributed by atoms with E-state index >= 15 is 0 Å². The van der Waals surface area contributed by atoms with Gasteiger partial charge in [0.05, 0.1) is 0 Å². The van der Waals surface area contributed by atoms with E-state index in [2.05, 4.69) is 15.9 Å². The van der Waals surface area contributed by atoms with E-state index in [1.54, 1.807) is 13.1 Å². The maximum absolute atomic E-state index is 11.7. The standard InChI is InChI=1S/C13H16BrNO2/c1-10(13(16)8-9-15(2)3)17-12-6-4-11(14)5-7-12/h4-10H,1-3H3/b9-8+. The van der Waals surface area contributed by atoms with E-state index in [1.165, 1.54) is 6.08 Å². The van der Waals surface area contributed by atoms with Crippen LogP contribution in [0.1, 0.15) is 6.92 Å². The molecule has 1 aromatic carbocycles. The van der Waals surface area contributed by atoms with E-state index in [4.69, 9.17) is 4.74 Å².